The van der Waals surface area contributed by atoms with Crippen LogP contribution in [0.15, 0.2) is 54.9 Å². The van der Waals surface area contributed by atoms with Gasteiger partial charge in [0.2, 0.25) is 5.95 Å². The highest BCUT2D eigenvalue weighted by Gasteiger charge is 2.16. The van der Waals surface area contributed by atoms with Crippen molar-refractivity contribution in [2.45, 2.75) is 26.4 Å². The van der Waals surface area contributed by atoms with Crippen molar-refractivity contribution in [3.8, 4) is 5.82 Å². The van der Waals surface area contributed by atoms with Crippen molar-refractivity contribution in [2.75, 3.05) is 31.3 Å². The zero-order chi connectivity index (χ0) is 22.2. The van der Waals surface area contributed by atoms with E-state index in [4.69, 9.17) is 5.73 Å². The van der Waals surface area contributed by atoms with Crippen LogP contribution in [-0.4, -0.2) is 49.9 Å². The van der Waals surface area contributed by atoms with Crippen LogP contribution in [0.1, 0.15) is 17.0 Å². The molecule has 8 nitrogen and oxygen atoms in total. The summed E-state index contributed by atoms with van der Waals surface area (Å²) in [7, 11) is 3.86. The maximum absolute atomic E-state index is 5.90. The third kappa shape index (κ3) is 3.68. The van der Waals surface area contributed by atoms with Gasteiger partial charge in [-0.05, 0) is 42.6 Å². The SMILES string of the molecule is Cc1c(CC=CN2CCn3c(cc4ccccc43)C2)cnn1-c1cc(N(C)C)nc(N)n1. The van der Waals surface area contributed by atoms with E-state index in [1.54, 1.807) is 0 Å². The summed E-state index contributed by atoms with van der Waals surface area (Å²) >= 11 is 0. The second-order valence-electron chi connectivity index (χ2n) is 8.41. The van der Waals surface area contributed by atoms with Crippen LogP contribution in [0.2, 0.25) is 0 Å². The first kappa shape index (κ1) is 20.1. The highest BCUT2D eigenvalue weighted by atomic mass is 15.3. The monoisotopic (exact) mass is 428 g/mol. The molecule has 0 fully saturated rings. The molecular weight excluding hydrogens is 400 g/mol. The van der Waals surface area contributed by atoms with Crippen LogP contribution in [0.3, 0.4) is 0 Å². The molecule has 4 heterocycles. The van der Waals surface area contributed by atoms with E-state index in [0.29, 0.717) is 5.82 Å². The Labute approximate surface area is 187 Å². The van der Waals surface area contributed by atoms with Gasteiger partial charge in [0.1, 0.15) is 5.82 Å². The molecule has 0 amide bonds. The summed E-state index contributed by atoms with van der Waals surface area (Å²) in [5.74, 6) is 1.68. The molecule has 0 saturated heterocycles. The maximum Gasteiger partial charge on any atom is 0.224 e. The molecule has 0 saturated carbocycles. The molecule has 1 aliphatic heterocycles. The van der Waals surface area contributed by atoms with Crippen LogP contribution in [0.4, 0.5) is 11.8 Å². The molecule has 0 radical (unpaired) electrons. The van der Waals surface area contributed by atoms with Crippen molar-refractivity contribution in [1.82, 2.24) is 29.2 Å². The van der Waals surface area contributed by atoms with E-state index < -0.39 is 0 Å². The average molecular weight is 429 g/mol. The van der Waals surface area contributed by atoms with Crippen LogP contribution >= 0.6 is 0 Å². The molecule has 8 heteroatoms. The molecule has 32 heavy (non-hydrogen) atoms. The smallest absolute Gasteiger partial charge is 0.224 e. The lowest BCUT2D eigenvalue weighted by atomic mass is 10.2. The summed E-state index contributed by atoms with van der Waals surface area (Å²) in [5, 5.41) is 5.87. The molecule has 5 rings (SSSR count). The summed E-state index contributed by atoms with van der Waals surface area (Å²) in [5.41, 5.74) is 10.8. The molecule has 164 valence electrons. The first-order valence-electron chi connectivity index (χ1n) is 10.8. The van der Waals surface area contributed by atoms with E-state index >= 15 is 0 Å². The van der Waals surface area contributed by atoms with Gasteiger partial charge in [-0.1, -0.05) is 24.3 Å². The molecule has 0 spiro atoms. The summed E-state index contributed by atoms with van der Waals surface area (Å²) in [6.45, 7) is 5.00. The Morgan fingerprint density at radius 3 is 2.81 bits per heavy atom. The maximum atomic E-state index is 5.90. The van der Waals surface area contributed by atoms with Crippen molar-refractivity contribution in [2.24, 2.45) is 0 Å². The zero-order valence-electron chi connectivity index (χ0n) is 18.7. The van der Waals surface area contributed by atoms with Crippen molar-refractivity contribution < 1.29 is 0 Å². The Kier molecular flexibility index (Phi) is 5.05. The molecule has 1 aliphatic rings. The van der Waals surface area contributed by atoms with Crippen LogP contribution in [-0.2, 0) is 19.5 Å². The Hall–Kier alpha value is -3.81. The highest BCUT2D eigenvalue weighted by molar-refractivity contribution is 5.81. The van der Waals surface area contributed by atoms with E-state index in [9.17, 15) is 0 Å². The predicted molar refractivity (Wildman–Crippen MR) is 128 cm³/mol. The van der Waals surface area contributed by atoms with E-state index in [-0.39, 0.29) is 5.95 Å². The number of rotatable bonds is 5. The van der Waals surface area contributed by atoms with Gasteiger partial charge in [0.25, 0.3) is 0 Å². The second kappa shape index (κ2) is 8.03. The van der Waals surface area contributed by atoms with E-state index in [2.05, 4.69) is 74.1 Å². The fourth-order valence-electron chi connectivity index (χ4n) is 4.29. The first-order chi connectivity index (χ1) is 15.5. The Bertz CT molecular complexity index is 1300. The summed E-state index contributed by atoms with van der Waals surface area (Å²) in [6, 6.07) is 12.8. The van der Waals surface area contributed by atoms with Crippen molar-refractivity contribution in [3.05, 3.63) is 71.8 Å². The van der Waals surface area contributed by atoms with Crippen molar-refractivity contribution in [1.29, 1.82) is 0 Å². The largest absolute Gasteiger partial charge is 0.370 e. The number of para-hydroxylation sites is 1. The van der Waals surface area contributed by atoms with Gasteiger partial charge in [-0.2, -0.15) is 15.1 Å². The highest BCUT2D eigenvalue weighted by Crippen LogP contribution is 2.24. The molecule has 0 bridgehead atoms. The summed E-state index contributed by atoms with van der Waals surface area (Å²) in [4.78, 5) is 12.9. The van der Waals surface area contributed by atoms with Gasteiger partial charge in [0, 0.05) is 50.2 Å². The molecule has 2 N–H and O–H groups in total. The van der Waals surface area contributed by atoms with Gasteiger partial charge in [0.05, 0.1) is 12.7 Å². The number of aromatic nitrogens is 5. The minimum atomic E-state index is 0.241. The van der Waals surface area contributed by atoms with Gasteiger partial charge in [0.15, 0.2) is 5.82 Å². The number of hydrogen-bond donors (Lipinski definition) is 1. The number of hydrogen-bond acceptors (Lipinski definition) is 6. The quantitative estimate of drug-likeness (QED) is 0.526. The second-order valence-corrected chi connectivity index (χ2v) is 8.41. The third-order valence-corrected chi connectivity index (χ3v) is 6.03. The van der Waals surface area contributed by atoms with E-state index in [0.717, 1.165) is 43.1 Å². The number of nitrogen functional groups attached to an aromatic ring is 1. The van der Waals surface area contributed by atoms with Crippen molar-refractivity contribution in [3.63, 3.8) is 0 Å². The van der Waals surface area contributed by atoms with Gasteiger partial charge in [-0.3, -0.25) is 0 Å². The van der Waals surface area contributed by atoms with Gasteiger partial charge in [-0.15, -0.1) is 0 Å². The van der Waals surface area contributed by atoms with Gasteiger partial charge < -0.3 is 20.1 Å². The number of nitrogens with zero attached hydrogens (tertiary/aromatic N) is 7. The molecule has 0 aliphatic carbocycles. The number of nitrogens with two attached hydrogens (primary N) is 1. The minimum absolute atomic E-state index is 0.241. The summed E-state index contributed by atoms with van der Waals surface area (Å²) in [6.07, 6.45) is 7.14. The number of allylic oxidation sites excluding steroid dienone is 1. The topological polar surface area (TPSA) is 81.0 Å². The lowest BCUT2D eigenvalue weighted by molar-refractivity contribution is 0.306. The Balaban J connectivity index is 1.29. The molecule has 3 aromatic heterocycles. The first-order valence-corrected chi connectivity index (χ1v) is 10.8. The fourth-order valence-corrected chi connectivity index (χ4v) is 4.29. The lowest BCUT2D eigenvalue weighted by Crippen LogP contribution is -2.29. The minimum Gasteiger partial charge on any atom is -0.370 e. The predicted octanol–water partition coefficient (Wildman–Crippen LogP) is 3.15. The number of benzene rings is 1. The number of fused-ring (bicyclic) bond motifs is 3. The van der Waals surface area contributed by atoms with Crippen LogP contribution < -0.4 is 10.6 Å². The molecule has 0 atom stereocenters. The lowest BCUT2D eigenvalue weighted by Gasteiger charge is -2.27. The van der Waals surface area contributed by atoms with Crippen molar-refractivity contribution >= 4 is 22.7 Å². The average Bonchev–Trinajstić information content (AvgIpc) is 3.33. The Morgan fingerprint density at radius 2 is 1.97 bits per heavy atom. The third-order valence-electron chi connectivity index (χ3n) is 6.03. The fraction of sp³-hybridized carbons (Fsp3) is 0.292. The summed E-state index contributed by atoms with van der Waals surface area (Å²) < 4.78 is 4.26. The Morgan fingerprint density at radius 1 is 1.12 bits per heavy atom. The molecule has 1 aromatic carbocycles. The standard InChI is InChI=1S/C24H28N8/c1-17-19(15-26-32(17)23-14-22(29(2)3)27-24(25)28-23)8-6-10-30-11-12-31-20(16-30)13-18-7-4-5-9-21(18)31/h4-7,9-10,13-15H,8,11-12,16H2,1-3H3,(H2,25,27,28). The molecule has 0 unspecified atom stereocenters. The van der Waals surface area contributed by atoms with Gasteiger partial charge >= 0.3 is 0 Å². The van der Waals surface area contributed by atoms with E-state index in [1.807, 2.05) is 35.9 Å². The van der Waals surface area contributed by atoms with E-state index in [1.165, 1.54) is 16.6 Å². The number of anilines is 2. The molecular formula is C24H28N8. The van der Waals surface area contributed by atoms with Gasteiger partial charge in [-0.25, -0.2) is 4.68 Å². The normalized spacial score (nSPS) is 13.8. The molecule has 4 aromatic rings. The van der Waals surface area contributed by atoms with Crippen LogP contribution in [0, 0.1) is 6.92 Å². The zero-order valence-corrected chi connectivity index (χ0v) is 18.7. The van der Waals surface area contributed by atoms with Crippen LogP contribution in [0.5, 0.6) is 0 Å². The van der Waals surface area contributed by atoms with Crippen LogP contribution in [0.25, 0.3) is 16.7 Å².